The summed E-state index contributed by atoms with van der Waals surface area (Å²) < 4.78 is 0. The van der Waals surface area contributed by atoms with Gasteiger partial charge < -0.3 is 15.5 Å². The van der Waals surface area contributed by atoms with Crippen LogP contribution < -0.4 is 10.6 Å². The van der Waals surface area contributed by atoms with E-state index in [1.165, 1.54) is 11.9 Å². The number of nitrogens with zero attached hydrogens (tertiary/aromatic N) is 3. The van der Waals surface area contributed by atoms with E-state index in [0.717, 1.165) is 18.8 Å². The number of carbonyl (C=O) groups excluding carboxylic acids is 1. The molecule has 1 amide bonds. The zero-order valence-electron chi connectivity index (χ0n) is 14.7. The summed E-state index contributed by atoms with van der Waals surface area (Å²) in [5.41, 5.74) is 2.33. The predicted octanol–water partition coefficient (Wildman–Crippen LogP) is 2.83. The predicted molar refractivity (Wildman–Crippen MR) is 97.6 cm³/mol. The molecule has 0 aliphatic rings. The molecule has 128 valence electrons. The number of rotatable bonds is 7. The summed E-state index contributed by atoms with van der Waals surface area (Å²) in [6.07, 6.45) is 1.40. The zero-order chi connectivity index (χ0) is 17.5. The fourth-order valence-electron chi connectivity index (χ4n) is 2.13. The number of nitrogens with one attached hydrogen (secondary N) is 2. The van der Waals surface area contributed by atoms with Gasteiger partial charge in [0.15, 0.2) is 0 Å². The second-order valence-corrected chi connectivity index (χ2v) is 6.25. The van der Waals surface area contributed by atoms with Crippen LogP contribution in [0.1, 0.15) is 35.8 Å². The van der Waals surface area contributed by atoms with Crippen molar-refractivity contribution < 1.29 is 4.79 Å². The van der Waals surface area contributed by atoms with E-state index in [9.17, 15) is 4.79 Å². The fraction of sp³-hybridized carbons (Fsp3) is 0.389. The number of likely N-dealkylation sites (N-methyl/N-ethyl adjacent to an activating group) is 1. The van der Waals surface area contributed by atoms with Crippen LogP contribution >= 0.6 is 0 Å². The van der Waals surface area contributed by atoms with E-state index in [1.54, 1.807) is 6.07 Å². The summed E-state index contributed by atoms with van der Waals surface area (Å²) in [6, 6.07) is 9.52. The lowest BCUT2D eigenvalue weighted by atomic mass is 10.0. The molecule has 1 heterocycles. The number of hydrogen-bond donors (Lipinski definition) is 2. The van der Waals surface area contributed by atoms with Gasteiger partial charge in [0.1, 0.15) is 17.8 Å². The molecular formula is C18H25N5O. The topological polar surface area (TPSA) is 70.2 Å². The quantitative estimate of drug-likeness (QED) is 0.818. The number of aromatic nitrogens is 2. The van der Waals surface area contributed by atoms with Crippen molar-refractivity contribution >= 4 is 17.4 Å². The van der Waals surface area contributed by atoms with Crippen molar-refractivity contribution in [1.29, 1.82) is 0 Å². The molecule has 0 aliphatic heterocycles. The van der Waals surface area contributed by atoms with E-state index in [-0.39, 0.29) is 5.91 Å². The Balaban J connectivity index is 1.99. The van der Waals surface area contributed by atoms with Crippen LogP contribution in [0.2, 0.25) is 0 Å². The highest BCUT2D eigenvalue weighted by atomic mass is 16.1. The molecule has 0 saturated heterocycles. The molecule has 0 aliphatic carbocycles. The van der Waals surface area contributed by atoms with Gasteiger partial charge in [-0.2, -0.15) is 0 Å². The Morgan fingerprint density at radius 3 is 2.50 bits per heavy atom. The van der Waals surface area contributed by atoms with Crippen molar-refractivity contribution in [2.24, 2.45) is 0 Å². The minimum Gasteiger partial charge on any atom is -0.369 e. The van der Waals surface area contributed by atoms with Gasteiger partial charge in [-0.15, -0.1) is 0 Å². The molecule has 2 aromatic rings. The van der Waals surface area contributed by atoms with E-state index in [4.69, 9.17) is 0 Å². The van der Waals surface area contributed by atoms with Crippen LogP contribution in [0, 0.1) is 0 Å². The molecule has 0 saturated carbocycles. The number of hydrogen-bond acceptors (Lipinski definition) is 5. The molecule has 1 aromatic carbocycles. The van der Waals surface area contributed by atoms with Crippen LogP contribution in [0.15, 0.2) is 36.7 Å². The molecule has 2 N–H and O–H groups in total. The first-order chi connectivity index (χ1) is 11.5. The van der Waals surface area contributed by atoms with Gasteiger partial charge in [0.25, 0.3) is 5.91 Å². The minimum atomic E-state index is -0.245. The summed E-state index contributed by atoms with van der Waals surface area (Å²) in [4.78, 5) is 22.6. The highest BCUT2D eigenvalue weighted by molar-refractivity contribution is 6.03. The van der Waals surface area contributed by atoms with Crippen LogP contribution in [0.5, 0.6) is 0 Å². The smallest absolute Gasteiger partial charge is 0.274 e. The fourth-order valence-corrected chi connectivity index (χ4v) is 2.13. The Morgan fingerprint density at radius 2 is 1.88 bits per heavy atom. The van der Waals surface area contributed by atoms with Crippen molar-refractivity contribution in [3.63, 3.8) is 0 Å². The van der Waals surface area contributed by atoms with Crippen LogP contribution in [0.4, 0.5) is 11.5 Å². The highest BCUT2D eigenvalue weighted by Gasteiger charge is 2.09. The molecule has 0 unspecified atom stereocenters. The third-order valence-electron chi connectivity index (χ3n) is 3.60. The summed E-state index contributed by atoms with van der Waals surface area (Å²) in [7, 11) is 4.01. The van der Waals surface area contributed by atoms with Crippen LogP contribution in [-0.4, -0.2) is 48.0 Å². The monoisotopic (exact) mass is 327 g/mol. The maximum absolute atomic E-state index is 12.3. The lowest BCUT2D eigenvalue weighted by molar-refractivity contribution is 0.102. The van der Waals surface area contributed by atoms with Crippen LogP contribution in [0.3, 0.4) is 0 Å². The number of benzene rings is 1. The van der Waals surface area contributed by atoms with Gasteiger partial charge in [-0.1, -0.05) is 26.0 Å². The zero-order valence-corrected chi connectivity index (χ0v) is 14.7. The normalized spacial score (nSPS) is 10.9. The first-order valence-electron chi connectivity index (χ1n) is 8.07. The number of carbonyl (C=O) groups is 1. The minimum absolute atomic E-state index is 0.245. The third kappa shape index (κ3) is 5.31. The summed E-state index contributed by atoms with van der Waals surface area (Å²) in [5.74, 6) is 0.866. The van der Waals surface area contributed by atoms with E-state index in [2.05, 4.69) is 39.3 Å². The van der Waals surface area contributed by atoms with E-state index < -0.39 is 0 Å². The first-order valence-corrected chi connectivity index (χ1v) is 8.07. The van der Waals surface area contributed by atoms with Gasteiger partial charge in [-0.3, -0.25) is 4.79 Å². The molecule has 6 nitrogen and oxygen atoms in total. The van der Waals surface area contributed by atoms with Crippen molar-refractivity contribution in [3.8, 4) is 0 Å². The number of amides is 1. The molecule has 1 aromatic heterocycles. The standard InChI is InChI=1S/C18H25N5O/c1-13(2)14-5-7-15(8-6-14)22-18(24)16-11-17(21-12-20-16)19-9-10-23(3)4/h5-8,11-13H,9-10H2,1-4H3,(H,22,24)(H,19,20,21). The van der Waals surface area contributed by atoms with Gasteiger partial charge in [0.05, 0.1) is 0 Å². The van der Waals surface area contributed by atoms with E-state index >= 15 is 0 Å². The van der Waals surface area contributed by atoms with E-state index in [1.807, 2.05) is 38.4 Å². The molecule has 0 bridgehead atoms. The highest BCUT2D eigenvalue weighted by Crippen LogP contribution is 2.17. The maximum atomic E-state index is 12.3. The molecule has 2 rings (SSSR count). The largest absolute Gasteiger partial charge is 0.369 e. The molecule has 0 atom stereocenters. The Morgan fingerprint density at radius 1 is 1.17 bits per heavy atom. The van der Waals surface area contributed by atoms with Gasteiger partial charge >= 0.3 is 0 Å². The molecule has 0 radical (unpaired) electrons. The summed E-state index contributed by atoms with van der Waals surface area (Å²) in [6.45, 7) is 5.91. The summed E-state index contributed by atoms with van der Waals surface area (Å²) >= 11 is 0. The maximum Gasteiger partial charge on any atom is 0.274 e. The summed E-state index contributed by atoms with van der Waals surface area (Å²) in [5, 5.41) is 6.04. The number of anilines is 2. The van der Waals surface area contributed by atoms with Gasteiger partial charge in [-0.25, -0.2) is 9.97 Å². The van der Waals surface area contributed by atoms with Crippen molar-refractivity contribution in [2.45, 2.75) is 19.8 Å². The molecule has 6 heteroatoms. The molecular weight excluding hydrogens is 302 g/mol. The molecule has 0 spiro atoms. The van der Waals surface area contributed by atoms with E-state index in [0.29, 0.717) is 17.4 Å². The Kier molecular flexibility index (Phi) is 6.26. The second kappa shape index (κ2) is 8.40. The molecule has 24 heavy (non-hydrogen) atoms. The average molecular weight is 327 g/mol. The Labute approximate surface area is 143 Å². The van der Waals surface area contributed by atoms with Gasteiger partial charge in [0.2, 0.25) is 0 Å². The Bertz CT molecular complexity index is 667. The lowest BCUT2D eigenvalue weighted by Crippen LogP contribution is -2.21. The molecule has 0 fully saturated rings. The average Bonchev–Trinajstić information content (AvgIpc) is 2.55. The van der Waals surface area contributed by atoms with Crippen LogP contribution in [0.25, 0.3) is 0 Å². The first kappa shape index (κ1) is 17.9. The SMILES string of the molecule is CC(C)c1ccc(NC(=O)c2cc(NCCN(C)C)ncn2)cc1. The van der Waals surface area contributed by atoms with Gasteiger partial charge in [-0.05, 0) is 37.7 Å². The van der Waals surface area contributed by atoms with Crippen LogP contribution in [-0.2, 0) is 0 Å². The van der Waals surface area contributed by atoms with Crippen molar-refractivity contribution in [1.82, 2.24) is 14.9 Å². The Hall–Kier alpha value is -2.47. The second-order valence-electron chi connectivity index (χ2n) is 6.25. The lowest BCUT2D eigenvalue weighted by Gasteiger charge is -2.11. The van der Waals surface area contributed by atoms with Gasteiger partial charge in [0, 0.05) is 24.8 Å². The third-order valence-corrected chi connectivity index (χ3v) is 3.60. The van der Waals surface area contributed by atoms with Crippen molar-refractivity contribution in [3.05, 3.63) is 47.9 Å². The van der Waals surface area contributed by atoms with Crippen molar-refractivity contribution in [2.75, 3.05) is 37.8 Å².